The van der Waals surface area contributed by atoms with Gasteiger partial charge in [-0.1, -0.05) is 102 Å². The van der Waals surface area contributed by atoms with Crippen molar-refractivity contribution in [3.8, 4) is 22.4 Å². The Morgan fingerprint density at radius 1 is 0.458 bits per heavy atom. The molecule has 0 aliphatic heterocycles. The number of nitrogens with zero attached hydrogens (tertiary/aromatic N) is 1. The first-order valence-electron chi connectivity index (χ1n) is 9.00. The van der Waals surface area contributed by atoms with Crippen LogP contribution in [0.5, 0.6) is 0 Å². The van der Waals surface area contributed by atoms with Crippen molar-refractivity contribution in [1.29, 1.82) is 0 Å². The number of benzene rings is 2. The fourth-order valence-corrected chi connectivity index (χ4v) is 2.00. The Bertz CT molecular complexity index is 555. The lowest BCUT2D eigenvalue weighted by molar-refractivity contribution is 1.33. The quantitative estimate of drug-likeness (QED) is 0.476. The molecule has 1 aromatic heterocycles. The molecule has 0 amide bonds. The van der Waals surface area contributed by atoms with Gasteiger partial charge in [-0.15, -0.1) is 0 Å². The molecule has 0 aliphatic rings. The van der Waals surface area contributed by atoms with Crippen molar-refractivity contribution < 1.29 is 0 Å². The fourth-order valence-electron chi connectivity index (χ4n) is 2.00. The SMILES string of the molecule is CC.CC.CC.c1ccc(-c2ccc(-c3ccccn3)cc2)cc1. The first kappa shape index (κ1) is 21.6. The summed E-state index contributed by atoms with van der Waals surface area (Å²) in [6, 6.07) is 24.9. The molecule has 1 heterocycles. The Balaban J connectivity index is 0.000000798. The second-order valence-electron chi connectivity index (χ2n) is 4.16. The highest BCUT2D eigenvalue weighted by Gasteiger charge is 1.99. The van der Waals surface area contributed by atoms with Gasteiger partial charge in [-0.3, -0.25) is 4.98 Å². The fraction of sp³-hybridized carbons (Fsp3) is 0.261. The summed E-state index contributed by atoms with van der Waals surface area (Å²) in [6.07, 6.45) is 1.82. The summed E-state index contributed by atoms with van der Waals surface area (Å²) in [7, 11) is 0. The van der Waals surface area contributed by atoms with Crippen molar-refractivity contribution in [2.45, 2.75) is 41.5 Å². The summed E-state index contributed by atoms with van der Waals surface area (Å²) in [5, 5.41) is 0. The van der Waals surface area contributed by atoms with E-state index in [1.54, 1.807) is 0 Å². The van der Waals surface area contributed by atoms with E-state index in [9.17, 15) is 0 Å². The molecular weight excluding hydrogens is 290 g/mol. The van der Waals surface area contributed by atoms with Gasteiger partial charge in [-0.05, 0) is 23.3 Å². The summed E-state index contributed by atoms with van der Waals surface area (Å²) in [5.74, 6) is 0. The molecule has 0 spiro atoms. The lowest BCUT2D eigenvalue weighted by Crippen LogP contribution is -1.82. The first-order chi connectivity index (χ1) is 11.9. The maximum atomic E-state index is 4.35. The number of hydrogen-bond acceptors (Lipinski definition) is 1. The monoisotopic (exact) mass is 321 g/mol. The predicted molar refractivity (Wildman–Crippen MR) is 109 cm³/mol. The average Bonchev–Trinajstić information content (AvgIpc) is 2.74. The van der Waals surface area contributed by atoms with E-state index in [2.05, 4.69) is 53.5 Å². The molecule has 0 atom stereocenters. The maximum Gasteiger partial charge on any atom is 0.0701 e. The van der Waals surface area contributed by atoms with Crippen LogP contribution < -0.4 is 0 Å². The van der Waals surface area contributed by atoms with Gasteiger partial charge < -0.3 is 0 Å². The highest BCUT2D eigenvalue weighted by Crippen LogP contribution is 2.23. The molecule has 0 N–H and O–H groups in total. The number of pyridine rings is 1. The van der Waals surface area contributed by atoms with Crippen LogP contribution in [0, 0.1) is 0 Å². The Kier molecular flexibility index (Phi) is 12.8. The molecule has 3 rings (SSSR count). The summed E-state index contributed by atoms with van der Waals surface area (Å²) in [6.45, 7) is 12.0. The lowest BCUT2D eigenvalue weighted by atomic mass is 10.0. The minimum Gasteiger partial charge on any atom is -0.256 e. The minimum absolute atomic E-state index is 1.01. The summed E-state index contributed by atoms with van der Waals surface area (Å²) < 4.78 is 0. The van der Waals surface area contributed by atoms with E-state index in [1.165, 1.54) is 11.1 Å². The van der Waals surface area contributed by atoms with E-state index in [1.807, 2.05) is 72.0 Å². The van der Waals surface area contributed by atoms with Crippen LogP contribution in [0.25, 0.3) is 22.4 Å². The third kappa shape index (κ3) is 6.78. The molecule has 24 heavy (non-hydrogen) atoms. The van der Waals surface area contributed by atoms with E-state index in [4.69, 9.17) is 0 Å². The van der Waals surface area contributed by atoms with Gasteiger partial charge in [-0.25, -0.2) is 0 Å². The Labute approximate surface area is 148 Å². The van der Waals surface area contributed by atoms with Gasteiger partial charge in [-0.2, -0.15) is 0 Å². The van der Waals surface area contributed by atoms with Crippen LogP contribution >= 0.6 is 0 Å². The number of hydrogen-bond donors (Lipinski definition) is 0. The second-order valence-corrected chi connectivity index (χ2v) is 4.16. The molecule has 1 heteroatoms. The van der Waals surface area contributed by atoms with Crippen LogP contribution in [-0.2, 0) is 0 Å². The Morgan fingerprint density at radius 2 is 0.917 bits per heavy atom. The van der Waals surface area contributed by atoms with E-state index >= 15 is 0 Å². The van der Waals surface area contributed by atoms with Crippen LogP contribution in [0.3, 0.4) is 0 Å². The molecule has 0 radical (unpaired) electrons. The van der Waals surface area contributed by atoms with Crippen LogP contribution in [-0.4, -0.2) is 4.98 Å². The van der Waals surface area contributed by atoms with Crippen LogP contribution in [0.4, 0.5) is 0 Å². The standard InChI is InChI=1S/C17H13N.3C2H6/c1-2-6-14(7-3-1)15-9-11-16(12-10-15)17-8-4-5-13-18-17;3*1-2/h1-13H;3*1-2H3. The second kappa shape index (κ2) is 14.2. The number of aromatic nitrogens is 1. The molecule has 3 aromatic rings. The zero-order valence-electron chi connectivity index (χ0n) is 16.0. The van der Waals surface area contributed by atoms with E-state index < -0.39 is 0 Å². The van der Waals surface area contributed by atoms with Crippen molar-refractivity contribution in [3.63, 3.8) is 0 Å². The third-order valence-electron chi connectivity index (χ3n) is 2.95. The molecule has 0 aliphatic carbocycles. The third-order valence-corrected chi connectivity index (χ3v) is 2.95. The zero-order chi connectivity index (χ0) is 18.2. The first-order valence-corrected chi connectivity index (χ1v) is 9.00. The van der Waals surface area contributed by atoms with Crippen LogP contribution in [0.15, 0.2) is 79.0 Å². The molecule has 0 bridgehead atoms. The van der Waals surface area contributed by atoms with Gasteiger partial charge in [0.2, 0.25) is 0 Å². The molecule has 0 unspecified atom stereocenters. The smallest absolute Gasteiger partial charge is 0.0701 e. The van der Waals surface area contributed by atoms with E-state index in [-0.39, 0.29) is 0 Å². The average molecular weight is 322 g/mol. The van der Waals surface area contributed by atoms with Gasteiger partial charge in [0, 0.05) is 11.8 Å². The van der Waals surface area contributed by atoms with Crippen molar-refractivity contribution in [2.24, 2.45) is 0 Å². The van der Waals surface area contributed by atoms with Gasteiger partial charge in [0.15, 0.2) is 0 Å². The molecular formula is C23H31N. The Hall–Kier alpha value is -2.41. The summed E-state index contributed by atoms with van der Waals surface area (Å²) in [4.78, 5) is 4.35. The van der Waals surface area contributed by atoms with Crippen LogP contribution in [0.2, 0.25) is 0 Å². The zero-order valence-corrected chi connectivity index (χ0v) is 16.0. The van der Waals surface area contributed by atoms with Crippen molar-refractivity contribution in [3.05, 3.63) is 79.0 Å². The van der Waals surface area contributed by atoms with E-state index in [0.717, 1.165) is 11.3 Å². The predicted octanol–water partition coefficient (Wildman–Crippen LogP) is 7.49. The van der Waals surface area contributed by atoms with Crippen LogP contribution in [0.1, 0.15) is 41.5 Å². The van der Waals surface area contributed by atoms with Gasteiger partial charge in [0.05, 0.1) is 5.69 Å². The van der Waals surface area contributed by atoms with Crippen molar-refractivity contribution >= 4 is 0 Å². The van der Waals surface area contributed by atoms with E-state index in [0.29, 0.717) is 0 Å². The summed E-state index contributed by atoms with van der Waals surface area (Å²) in [5.41, 5.74) is 4.63. The normalized spacial score (nSPS) is 8.42. The topological polar surface area (TPSA) is 12.9 Å². The molecule has 1 nitrogen and oxygen atoms in total. The minimum atomic E-state index is 1.01. The number of rotatable bonds is 2. The van der Waals surface area contributed by atoms with Gasteiger partial charge in [0.1, 0.15) is 0 Å². The maximum absolute atomic E-state index is 4.35. The summed E-state index contributed by atoms with van der Waals surface area (Å²) >= 11 is 0. The highest BCUT2D eigenvalue weighted by atomic mass is 14.7. The lowest BCUT2D eigenvalue weighted by Gasteiger charge is -2.04. The van der Waals surface area contributed by atoms with Crippen molar-refractivity contribution in [2.75, 3.05) is 0 Å². The Morgan fingerprint density at radius 3 is 1.42 bits per heavy atom. The largest absolute Gasteiger partial charge is 0.256 e. The van der Waals surface area contributed by atoms with Gasteiger partial charge in [0.25, 0.3) is 0 Å². The van der Waals surface area contributed by atoms with Gasteiger partial charge >= 0.3 is 0 Å². The molecule has 2 aromatic carbocycles. The van der Waals surface area contributed by atoms with Crippen molar-refractivity contribution in [1.82, 2.24) is 4.98 Å². The molecule has 128 valence electrons. The molecule has 0 fully saturated rings. The molecule has 0 saturated heterocycles. The molecule has 0 saturated carbocycles. The highest BCUT2D eigenvalue weighted by molar-refractivity contribution is 5.68.